The maximum atomic E-state index is 9.37. The van der Waals surface area contributed by atoms with Crippen molar-refractivity contribution in [2.45, 2.75) is 39.4 Å². The second-order valence-electron chi connectivity index (χ2n) is 6.81. The maximum absolute atomic E-state index is 9.37. The first-order chi connectivity index (χ1) is 11.4. The Morgan fingerprint density at radius 1 is 0.958 bits per heavy atom. The van der Waals surface area contributed by atoms with Gasteiger partial charge in [0.1, 0.15) is 24.7 Å². The van der Waals surface area contributed by atoms with Crippen molar-refractivity contribution in [3.63, 3.8) is 0 Å². The molecule has 0 aliphatic heterocycles. The van der Waals surface area contributed by atoms with E-state index in [1.807, 2.05) is 12.1 Å². The van der Waals surface area contributed by atoms with E-state index in [2.05, 4.69) is 51.6 Å². The van der Waals surface area contributed by atoms with Crippen LogP contribution in [0.5, 0.6) is 11.5 Å². The van der Waals surface area contributed by atoms with Gasteiger partial charge in [0, 0.05) is 6.07 Å². The normalized spacial score (nSPS) is 11.2. The lowest BCUT2D eigenvalue weighted by atomic mass is 9.87. The first-order valence-electron chi connectivity index (χ1n) is 8.13. The van der Waals surface area contributed by atoms with E-state index in [1.54, 1.807) is 12.1 Å². The third-order valence-electron chi connectivity index (χ3n) is 3.72. The molecule has 0 aliphatic carbocycles. The van der Waals surface area contributed by atoms with Crippen LogP contribution in [0.1, 0.15) is 37.5 Å². The largest absolute Gasteiger partial charge is 0.489 e. The van der Waals surface area contributed by atoms with Crippen molar-refractivity contribution in [1.82, 2.24) is 0 Å². The number of rotatable bonds is 7. The van der Waals surface area contributed by atoms with Crippen LogP contribution in [0.4, 0.5) is 0 Å². The number of hydrogen-bond donors (Lipinski definition) is 1. The SMILES string of the molecule is C=CCOc1cc(CO)cc(OCc2ccc(C(C)(C)C)cc2)c1. The summed E-state index contributed by atoms with van der Waals surface area (Å²) in [5.74, 6) is 1.35. The minimum atomic E-state index is -0.0536. The highest BCUT2D eigenvalue weighted by Gasteiger charge is 2.12. The van der Waals surface area contributed by atoms with Gasteiger partial charge < -0.3 is 14.6 Å². The lowest BCUT2D eigenvalue weighted by Crippen LogP contribution is -2.10. The first-order valence-corrected chi connectivity index (χ1v) is 8.13. The predicted molar refractivity (Wildman–Crippen MR) is 97.5 cm³/mol. The van der Waals surface area contributed by atoms with Crippen LogP contribution in [0.2, 0.25) is 0 Å². The number of aliphatic hydroxyl groups excluding tert-OH is 1. The summed E-state index contributed by atoms with van der Waals surface area (Å²) in [6.45, 7) is 11.1. The van der Waals surface area contributed by atoms with E-state index in [0.717, 1.165) is 11.1 Å². The van der Waals surface area contributed by atoms with E-state index in [1.165, 1.54) is 5.56 Å². The zero-order chi connectivity index (χ0) is 17.6. The van der Waals surface area contributed by atoms with Gasteiger partial charge >= 0.3 is 0 Å². The van der Waals surface area contributed by atoms with Gasteiger partial charge in [-0.3, -0.25) is 0 Å². The second-order valence-corrected chi connectivity index (χ2v) is 6.81. The van der Waals surface area contributed by atoms with E-state index in [0.29, 0.717) is 24.7 Å². The topological polar surface area (TPSA) is 38.7 Å². The van der Waals surface area contributed by atoms with Crippen molar-refractivity contribution >= 4 is 0 Å². The van der Waals surface area contributed by atoms with Gasteiger partial charge in [0.2, 0.25) is 0 Å². The fourth-order valence-electron chi connectivity index (χ4n) is 2.31. The summed E-state index contributed by atoms with van der Waals surface area (Å²) in [4.78, 5) is 0. The predicted octanol–water partition coefficient (Wildman–Crippen LogP) is 4.62. The highest BCUT2D eigenvalue weighted by atomic mass is 16.5. The minimum absolute atomic E-state index is 0.0536. The molecule has 0 heterocycles. The zero-order valence-electron chi connectivity index (χ0n) is 14.7. The van der Waals surface area contributed by atoms with Crippen LogP contribution < -0.4 is 9.47 Å². The van der Waals surface area contributed by atoms with Crippen LogP contribution in [0.15, 0.2) is 55.1 Å². The van der Waals surface area contributed by atoms with Crippen LogP contribution in [0.3, 0.4) is 0 Å². The Kier molecular flexibility index (Phi) is 6.04. The van der Waals surface area contributed by atoms with Crippen molar-refractivity contribution in [2.24, 2.45) is 0 Å². The minimum Gasteiger partial charge on any atom is -0.489 e. The molecule has 24 heavy (non-hydrogen) atoms. The molecular formula is C21H26O3. The molecule has 0 atom stereocenters. The van der Waals surface area contributed by atoms with Crippen LogP contribution in [0.25, 0.3) is 0 Å². The Morgan fingerprint density at radius 3 is 2.12 bits per heavy atom. The van der Waals surface area contributed by atoms with Gasteiger partial charge in [-0.05, 0) is 34.2 Å². The summed E-state index contributed by atoms with van der Waals surface area (Å²) in [5, 5.41) is 9.37. The van der Waals surface area contributed by atoms with Crippen LogP contribution in [-0.4, -0.2) is 11.7 Å². The zero-order valence-corrected chi connectivity index (χ0v) is 14.7. The van der Waals surface area contributed by atoms with Crippen LogP contribution in [0, 0.1) is 0 Å². The standard InChI is InChI=1S/C21H26O3/c1-5-10-23-19-11-17(14-22)12-20(13-19)24-15-16-6-8-18(9-7-16)21(2,3)4/h5-9,11-13,22H,1,10,14-15H2,2-4H3. The first kappa shape index (κ1) is 18.1. The fourth-order valence-corrected chi connectivity index (χ4v) is 2.31. The van der Waals surface area contributed by atoms with E-state index < -0.39 is 0 Å². The van der Waals surface area contributed by atoms with Gasteiger partial charge in [0.05, 0.1) is 6.61 Å². The summed E-state index contributed by atoms with van der Waals surface area (Å²) >= 11 is 0. The Balaban J connectivity index is 2.06. The molecule has 0 amide bonds. The molecule has 3 heteroatoms. The number of ether oxygens (including phenoxy) is 2. The quantitative estimate of drug-likeness (QED) is 0.755. The van der Waals surface area contributed by atoms with E-state index in [9.17, 15) is 5.11 Å². The monoisotopic (exact) mass is 326 g/mol. The Hall–Kier alpha value is -2.26. The molecule has 0 bridgehead atoms. The van der Waals surface area contributed by atoms with Gasteiger partial charge in [-0.25, -0.2) is 0 Å². The van der Waals surface area contributed by atoms with Crippen molar-refractivity contribution in [2.75, 3.05) is 6.61 Å². The molecule has 2 aromatic carbocycles. The van der Waals surface area contributed by atoms with Crippen LogP contribution >= 0.6 is 0 Å². The van der Waals surface area contributed by atoms with Gasteiger partial charge in [-0.15, -0.1) is 0 Å². The third kappa shape index (κ3) is 5.14. The Bertz CT molecular complexity index is 666. The molecule has 0 saturated carbocycles. The number of aliphatic hydroxyl groups is 1. The highest BCUT2D eigenvalue weighted by Crippen LogP contribution is 2.25. The third-order valence-corrected chi connectivity index (χ3v) is 3.72. The highest BCUT2D eigenvalue weighted by molar-refractivity contribution is 5.38. The summed E-state index contributed by atoms with van der Waals surface area (Å²) in [6, 6.07) is 13.9. The molecule has 2 rings (SSSR count). The average molecular weight is 326 g/mol. The Morgan fingerprint density at radius 2 is 1.58 bits per heavy atom. The molecule has 128 valence electrons. The van der Waals surface area contributed by atoms with Crippen molar-refractivity contribution in [3.8, 4) is 11.5 Å². The summed E-state index contributed by atoms with van der Waals surface area (Å²) in [5.41, 5.74) is 3.31. The lowest BCUT2D eigenvalue weighted by Gasteiger charge is -2.19. The lowest BCUT2D eigenvalue weighted by molar-refractivity contribution is 0.275. The molecule has 0 aromatic heterocycles. The van der Waals surface area contributed by atoms with Gasteiger partial charge in [0.25, 0.3) is 0 Å². The van der Waals surface area contributed by atoms with Crippen molar-refractivity contribution < 1.29 is 14.6 Å². The van der Waals surface area contributed by atoms with Gasteiger partial charge in [0.15, 0.2) is 0 Å². The molecule has 0 saturated heterocycles. The van der Waals surface area contributed by atoms with E-state index >= 15 is 0 Å². The molecular weight excluding hydrogens is 300 g/mol. The molecule has 0 unspecified atom stereocenters. The molecule has 1 N–H and O–H groups in total. The smallest absolute Gasteiger partial charge is 0.123 e. The van der Waals surface area contributed by atoms with Gasteiger partial charge in [-0.2, -0.15) is 0 Å². The fraction of sp³-hybridized carbons (Fsp3) is 0.333. The maximum Gasteiger partial charge on any atom is 0.123 e. The summed E-state index contributed by atoms with van der Waals surface area (Å²) < 4.78 is 11.4. The molecule has 2 aromatic rings. The van der Waals surface area contributed by atoms with Crippen LogP contribution in [-0.2, 0) is 18.6 Å². The van der Waals surface area contributed by atoms with Gasteiger partial charge in [-0.1, -0.05) is 57.7 Å². The summed E-state index contributed by atoms with van der Waals surface area (Å²) in [6.07, 6.45) is 1.68. The number of benzene rings is 2. The molecule has 0 fully saturated rings. The van der Waals surface area contributed by atoms with Crippen molar-refractivity contribution in [3.05, 3.63) is 71.8 Å². The summed E-state index contributed by atoms with van der Waals surface area (Å²) in [7, 11) is 0. The molecule has 3 nitrogen and oxygen atoms in total. The molecule has 0 spiro atoms. The average Bonchev–Trinajstić information content (AvgIpc) is 2.57. The molecule has 0 aliphatic rings. The van der Waals surface area contributed by atoms with E-state index in [4.69, 9.17) is 9.47 Å². The second kappa shape index (κ2) is 8.02. The Labute approximate surface area is 144 Å². The van der Waals surface area contributed by atoms with E-state index in [-0.39, 0.29) is 12.0 Å². The number of hydrogen-bond acceptors (Lipinski definition) is 3. The van der Waals surface area contributed by atoms with Crippen molar-refractivity contribution in [1.29, 1.82) is 0 Å². The molecule has 0 radical (unpaired) electrons.